The topological polar surface area (TPSA) is 82.2 Å². The molecule has 6 heteroatoms. The highest BCUT2D eigenvalue weighted by Gasteiger charge is 2.29. The summed E-state index contributed by atoms with van der Waals surface area (Å²) in [6.07, 6.45) is 1.24. The lowest BCUT2D eigenvalue weighted by Gasteiger charge is -2.31. The van der Waals surface area contributed by atoms with Crippen LogP contribution >= 0.6 is 0 Å². The van der Waals surface area contributed by atoms with Gasteiger partial charge >= 0.3 is 0 Å². The lowest BCUT2D eigenvalue weighted by Crippen LogP contribution is -2.53. The molecule has 1 atom stereocenters. The number of nitrogens with zero attached hydrogens (tertiary/aromatic N) is 3. The molecule has 0 bridgehead atoms. The fraction of sp³-hybridized carbons (Fsp3) is 0.500. The first-order valence-electron chi connectivity index (χ1n) is 5.05. The van der Waals surface area contributed by atoms with E-state index in [1.54, 1.807) is 6.92 Å². The average molecular weight is 220 g/mol. The van der Waals surface area contributed by atoms with Crippen LogP contribution in [0.2, 0.25) is 0 Å². The minimum Gasteiger partial charge on any atom is -0.438 e. The van der Waals surface area contributed by atoms with Crippen molar-refractivity contribution in [3.63, 3.8) is 0 Å². The summed E-state index contributed by atoms with van der Waals surface area (Å²) in [5, 5.41) is 12.0. The molecule has 2 rings (SSSR count). The Morgan fingerprint density at radius 3 is 3.25 bits per heavy atom. The predicted molar refractivity (Wildman–Crippen MR) is 54.5 cm³/mol. The van der Waals surface area contributed by atoms with E-state index in [-0.39, 0.29) is 11.7 Å². The summed E-state index contributed by atoms with van der Waals surface area (Å²) in [5.41, 5.74) is 0.556. The molecule has 16 heavy (non-hydrogen) atoms. The van der Waals surface area contributed by atoms with Gasteiger partial charge in [0.15, 0.2) is 6.39 Å². The summed E-state index contributed by atoms with van der Waals surface area (Å²) in [5.74, 6) is -0.0369. The van der Waals surface area contributed by atoms with E-state index in [4.69, 9.17) is 9.68 Å². The summed E-state index contributed by atoms with van der Waals surface area (Å²) >= 11 is 0. The van der Waals surface area contributed by atoms with Crippen molar-refractivity contribution in [2.45, 2.75) is 13.0 Å². The smallest absolute Gasteiger partial charge is 0.292 e. The molecular weight excluding hydrogens is 208 g/mol. The Labute approximate surface area is 92.9 Å². The van der Waals surface area contributed by atoms with Crippen LogP contribution in [0.4, 0.5) is 0 Å². The molecule has 1 amide bonds. The van der Waals surface area contributed by atoms with E-state index in [9.17, 15) is 4.79 Å². The van der Waals surface area contributed by atoms with E-state index in [0.29, 0.717) is 25.3 Å². The van der Waals surface area contributed by atoms with Crippen LogP contribution in [0.15, 0.2) is 10.8 Å². The van der Waals surface area contributed by atoms with Gasteiger partial charge in [-0.2, -0.15) is 5.26 Å². The molecule has 1 unspecified atom stereocenters. The number of carbonyl (C=O) groups is 1. The number of carbonyl (C=O) groups excluding carboxylic acids is 1. The van der Waals surface area contributed by atoms with E-state index in [1.165, 1.54) is 11.3 Å². The summed E-state index contributed by atoms with van der Waals surface area (Å²) in [4.78, 5) is 17.5. The second kappa shape index (κ2) is 4.33. The van der Waals surface area contributed by atoms with Gasteiger partial charge in [-0.1, -0.05) is 0 Å². The van der Waals surface area contributed by atoms with Gasteiger partial charge in [0.25, 0.3) is 5.91 Å². The minimum atomic E-state index is -0.439. The maximum Gasteiger partial charge on any atom is 0.292 e. The maximum atomic E-state index is 12.1. The van der Waals surface area contributed by atoms with Gasteiger partial charge in [-0.05, 0) is 6.92 Å². The quantitative estimate of drug-likeness (QED) is 0.715. The fourth-order valence-electron chi connectivity index (χ4n) is 1.70. The van der Waals surface area contributed by atoms with Crippen molar-refractivity contribution >= 4 is 5.91 Å². The number of hydrogen-bond acceptors (Lipinski definition) is 5. The van der Waals surface area contributed by atoms with Crippen molar-refractivity contribution in [3.05, 3.63) is 17.8 Å². The van der Waals surface area contributed by atoms with E-state index in [1.807, 2.05) is 0 Å². The fourth-order valence-corrected chi connectivity index (χ4v) is 1.70. The van der Waals surface area contributed by atoms with Crippen LogP contribution in [0.5, 0.6) is 0 Å². The lowest BCUT2D eigenvalue weighted by atomic mass is 10.2. The third-order valence-corrected chi connectivity index (χ3v) is 2.59. The van der Waals surface area contributed by atoms with E-state index in [0.717, 1.165) is 0 Å². The molecule has 1 aromatic heterocycles. The van der Waals surface area contributed by atoms with Gasteiger partial charge in [-0.15, -0.1) is 0 Å². The summed E-state index contributed by atoms with van der Waals surface area (Å²) in [7, 11) is 0. The Balaban J connectivity index is 2.21. The van der Waals surface area contributed by atoms with Gasteiger partial charge in [-0.25, -0.2) is 4.98 Å². The Morgan fingerprint density at radius 2 is 2.62 bits per heavy atom. The molecule has 0 saturated carbocycles. The van der Waals surface area contributed by atoms with Crippen molar-refractivity contribution in [3.8, 4) is 6.07 Å². The van der Waals surface area contributed by atoms with Gasteiger partial charge in [0.2, 0.25) is 5.76 Å². The van der Waals surface area contributed by atoms with Crippen LogP contribution in [0.25, 0.3) is 0 Å². The zero-order chi connectivity index (χ0) is 11.5. The van der Waals surface area contributed by atoms with Crippen molar-refractivity contribution in [1.82, 2.24) is 15.2 Å². The maximum absolute atomic E-state index is 12.1. The Kier molecular flexibility index (Phi) is 2.88. The molecule has 1 aliphatic rings. The van der Waals surface area contributed by atoms with E-state index < -0.39 is 6.04 Å². The summed E-state index contributed by atoms with van der Waals surface area (Å²) in [6.45, 7) is 3.41. The largest absolute Gasteiger partial charge is 0.438 e. The molecule has 0 radical (unpaired) electrons. The molecule has 6 nitrogen and oxygen atoms in total. The van der Waals surface area contributed by atoms with Gasteiger partial charge in [-0.3, -0.25) is 4.79 Å². The Bertz CT molecular complexity index is 434. The highest BCUT2D eigenvalue weighted by molar-refractivity contribution is 5.92. The number of piperazine rings is 1. The molecule has 2 heterocycles. The first kappa shape index (κ1) is 10.6. The summed E-state index contributed by atoms with van der Waals surface area (Å²) in [6, 6.07) is 1.66. The number of hydrogen-bond donors (Lipinski definition) is 1. The van der Waals surface area contributed by atoms with Crippen LogP contribution in [-0.2, 0) is 0 Å². The molecule has 1 aromatic rings. The van der Waals surface area contributed by atoms with Crippen molar-refractivity contribution in [1.29, 1.82) is 5.26 Å². The van der Waals surface area contributed by atoms with E-state index in [2.05, 4.69) is 16.4 Å². The standard InChI is InChI=1S/C10H12N4O2/c1-7-9(16-6-13-7)10(15)14-3-2-12-5-8(14)4-11/h6,8,12H,2-3,5H2,1H3. The molecular formula is C10H12N4O2. The SMILES string of the molecule is Cc1ncoc1C(=O)N1CCNCC1C#N. The minimum absolute atomic E-state index is 0.224. The molecule has 0 aliphatic carbocycles. The van der Waals surface area contributed by atoms with Gasteiger partial charge < -0.3 is 14.6 Å². The molecule has 1 N–H and O–H groups in total. The van der Waals surface area contributed by atoms with Gasteiger partial charge in [0, 0.05) is 19.6 Å². The van der Waals surface area contributed by atoms with Gasteiger partial charge in [0.1, 0.15) is 6.04 Å². The monoisotopic (exact) mass is 220 g/mol. The molecule has 1 saturated heterocycles. The number of oxazole rings is 1. The molecule has 1 aliphatic heterocycles. The summed E-state index contributed by atoms with van der Waals surface area (Å²) < 4.78 is 5.04. The third kappa shape index (κ3) is 1.77. The second-order valence-corrected chi connectivity index (χ2v) is 3.61. The lowest BCUT2D eigenvalue weighted by molar-refractivity contribution is 0.0653. The van der Waals surface area contributed by atoms with E-state index >= 15 is 0 Å². The first-order valence-corrected chi connectivity index (χ1v) is 5.05. The predicted octanol–water partition coefficient (Wildman–Crippen LogP) is -0.0794. The zero-order valence-electron chi connectivity index (χ0n) is 8.93. The third-order valence-electron chi connectivity index (χ3n) is 2.59. The number of aryl methyl sites for hydroxylation is 1. The number of rotatable bonds is 1. The average Bonchev–Trinajstić information content (AvgIpc) is 2.74. The number of nitriles is 1. The van der Waals surface area contributed by atoms with Gasteiger partial charge in [0.05, 0.1) is 11.8 Å². The Hall–Kier alpha value is -1.87. The van der Waals surface area contributed by atoms with Crippen molar-refractivity contribution in [2.75, 3.05) is 19.6 Å². The molecule has 0 spiro atoms. The molecule has 1 fully saturated rings. The number of nitrogens with one attached hydrogen (secondary N) is 1. The van der Waals surface area contributed by atoms with Crippen LogP contribution < -0.4 is 5.32 Å². The number of amides is 1. The second-order valence-electron chi connectivity index (χ2n) is 3.61. The molecule has 0 aromatic carbocycles. The Morgan fingerprint density at radius 1 is 1.81 bits per heavy atom. The van der Waals surface area contributed by atoms with Crippen molar-refractivity contribution in [2.24, 2.45) is 0 Å². The highest BCUT2D eigenvalue weighted by atomic mass is 16.3. The van der Waals surface area contributed by atoms with Crippen molar-refractivity contribution < 1.29 is 9.21 Å². The van der Waals surface area contributed by atoms with Crippen LogP contribution in [0.1, 0.15) is 16.2 Å². The normalized spacial score (nSPS) is 20.5. The van der Waals surface area contributed by atoms with Crippen LogP contribution in [0, 0.1) is 18.3 Å². The zero-order valence-corrected chi connectivity index (χ0v) is 8.93. The molecule has 84 valence electrons. The first-order chi connectivity index (χ1) is 7.74. The van der Waals surface area contributed by atoms with Crippen LogP contribution in [0.3, 0.4) is 0 Å². The highest BCUT2D eigenvalue weighted by Crippen LogP contribution is 2.12. The van der Waals surface area contributed by atoms with Crippen LogP contribution in [-0.4, -0.2) is 41.5 Å². The number of aromatic nitrogens is 1.